The molecule has 0 aromatic heterocycles. The molecule has 104 valence electrons. The van der Waals surface area contributed by atoms with Crippen LogP contribution in [0.3, 0.4) is 0 Å². The van der Waals surface area contributed by atoms with Crippen LogP contribution in [0.2, 0.25) is 0 Å². The van der Waals surface area contributed by atoms with Gasteiger partial charge in [-0.15, -0.1) is 0 Å². The summed E-state index contributed by atoms with van der Waals surface area (Å²) in [6.45, 7) is 9.73. The summed E-state index contributed by atoms with van der Waals surface area (Å²) < 4.78 is 0. The molecule has 0 radical (unpaired) electrons. The lowest BCUT2D eigenvalue weighted by atomic mass is 9.80. The Morgan fingerprint density at radius 2 is 1.74 bits per heavy atom. The van der Waals surface area contributed by atoms with Gasteiger partial charge in [-0.1, -0.05) is 48.5 Å². The van der Waals surface area contributed by atoms with Crippen LogP contribution in [-0.4, -0.2) is 23.0 Å². The van der Waals surface area contributed by atoms with Gasteiger partial charge >= 0.3 is 0 Å². The Morgan fingerprint density at radius 1 is 1.21 bits per heavy atom. The first-order valence-corrected chi connectivity index (χ1v) is 7.39. The number of aryl methyl sites for hydroxylation is 2. The van der Waals surface area contributed by atoms with E-state index in [0.29, 0.717) is 4.99 Å². The zero-order valence-electron chi connectivity index (χ0n) is 12.2. The van der Waals surface area contributed by atoms with E-state index < -0.39 is 0 Å². The quantitative estimate of drug-likeness (QED) is 0.860. The third-order valence-electron chi connectivity index (χ3n) is 4.24. The molecular formula is C16H24N2S. The highest BCUT2D eigenvalue weighted by atomic mass is 32.1. The number of hydrogen-bond acceptors (Lipinski definition) is 2. The summed E-state index contributed by atoms with van der Waals surface area (Å²) in [5.41, 5.74) is 10.0. The molecule has 1 aromatic carbocycles. The van der Waals surface area contributed by atoms with Crippen LogP contribution in [0, 0.1) is 19.3 Å². The van der Waals surface area contributed by atoms with Crippen molar-refractivity contribution in [3.63, 3.8) is 0 Å². The highest BCUT2D eigenvalue weighted by molar-refractivity contribution is 7.80. The van der Waals surface area contributed by atoms with E-state index >= 15 is 0 Å². The standard InChI is InChI=1S/C16H24N2S/c1-12-8-13(2)10-14(9-12)11-18-6-4-16(3,5-7-18)15(17)19/h8-10H,4-7,11H2,1-3H3,(H2,17,19). The molecule has 0 spiro atoms. The third-order valence-corrected chi connectivity index (χ3v) is 4.73. The van der Waals surface area contributed by atoms with Gasteiger partial charge in [0.25, 0.3) is 0 Å². The predicted molar refractivity (Wildman–Crippen MR) is 85.3 cm³/mol. The lowest BCUT2D eigenvalue weighted by Gasteiger charge is -2.38. The Balaban J connectivity index is 1.97. The Kier molecular flexibility index (Phi) is 4.26. The number of piperidine rings is 1. The van der Waals surface area contributed by atoms with Crippen LogP contribution in [0.4, 0.5) is 0 Å². The van der Waals surface area contributed by atoms with Crippen LogP contribution in [0.1, 0.15) is 36.5 Å². The van der Waals surface area contributed by atoms with Crippen LogP contribution in [0.5, 0.6) is 0 Å². The summed E-state index contributed by atoms with van der Waals surface area (Å²) in [5, 5.41) is 0. The van der Waals surface area contributed by atoms with Crippen molar-refractivity contribution in [3.05, 3.63) is 34.9 Å². The molecule has 1 heterocycles. The van der Waals surface area contributed by atoms with E-state index in [0.717, 1.165) is 32.5 Å². The highest BCUT2D eigenvalue weighted by Crippen LogP contribution is 2.31. The molecule has 0 aliphatic carbocycles. The molecule has 0 saturated carbocycles. The van der Waals surface area contributed by atoms with E-state index in [-0.39, 0.29) is 5.41 Å². The van der Waals surface area contributed by atoms with Crippen molar-refractivity contribution in [3.8, 4) is 0 Å². The smallest absolute Gasteiger partial charge is 0.0788 e. The summed E-state index contributed by atoms with van der Waals surface area (Å²) in [6, 6.07) is 6.80. The summed E-state index contributed by atoms with van der Waals surface area (Å²) >= 11 is 5.19. The highest BCUT2D eigenvalue weighted by Gasteiger charge is 2.32. The van der Waals surface area contributed by atoms with Crippen molar-refractivity contribution < 1.29 is 0 Å². The molecule has 3 heteroatoms. The maximum atomic E-state index is 5.85. The minimum absolute atomic E-state index is 0.0638. The van der Waals surface area contributed by atoms with Crippen molar-refractivity contribution in [2.24, 2.45) is 11.1 Å². The van der Waals surface area contributed by atoms with Crippen molar-refractivity contribution in [2.75, 3.05) is 13.1 Å². The topological polar surface area (TPSA) is 29.3 Å². The van der Waals surface area contributed by atoms with Crippen molar-refractivity contribution in [1.29, 1.82) is 0 Å². The molecule has 1 fully saturated rings. The SMILES string of the molecule is Cc1cc(C)cc(CN2CCC(C)(C(N)=S)CC2)c1. The maximum absolute atomic E-state index is 5.85. The molecule has 0 atom stereocenters. The molecule has 0 bridgehead atoms. The van der Waals surface area contributed by atoms with E-state index in [2.05, 4.69) is 43.9 Å². The lowest BCUT2D eigenvalue weighted by molar-refractivity contribution is 0.158. The molecule has 2 N–H and O–H groups in total. The second-order valence-corrected chi connectivity index (χ2v) is 6.64. The number of likely N-dealkylation sites (tertiary alicyclic amines) is 1. The molecule has 1 aliphatic heterocycles. The summed E-state index contributed by atoms with van der Waals surface area (Å²) in [4.78, 5) is 3.19. The zero-order valence-corrected chi connectivity index (χ0v) is 13.0. The van der Waals surface area contributed by atoms with Gasteiger partial charge in [-0.25, -0.2) is 0 Å². The van der Waals surface area contributed by atoms with Gasteiger partial charge in [0.2, 0.25) is 0 Å². The molecule has 0 amide bonds. The molecule has 2 rings (SSSR count). The Hall–Kier alpha value is -0.930. The van der Waals surface area contributed by atoms with E-state index in [1.165, 1.54) is 16.7 Å². The van der Waals surface area contributed by atoms with E-state index in [1.54, 1.807) is 0 Å². The number of rotatable bonds is 3. The average molecular weight is 276 g/mol. The molecule has 0 unspecified atom stereocenters. The van der Waals surface area contributed by atoms with Crippen LogP contribution >= 0.6 is 12.2 Å². The van der Waals surface area contributed by atoms with Crippen LogP contribution in [-0.2, 0) is 6.54 Å². The number of thiocarbonyl (C=S) groups is 1. The van der Waals surface area contributed by atoms with Crippen molar-refractivity contribution >= 4 is 17.2 Å². The predicted octanol–water partition coefficient (Wildman–Crippen LogP) is 3.19. The maximum Gasteiger partial charge on any atom is 0.0788 e. The fourth-order valence-corrected chi connectivity index (χ4v) is 3.07. The minimum Gasteiger partial charge on any atom is -0.393 e. The number of hydrogen-bond donors (Lipinski definition) is 1. The van der Waals surface area contributed by atoms with Crippen molar-refractivity contribution in [1.82, 2.24) is 4.90 Å². The summed E-state index contributed by atoms with van der Waals surface area (Å²) in [7, 11) is 0. The molecule has 1 aliphatic rings. The normalized spacial score (nSPS) is 19.3. The van der Waals surface area contributed by atoms with Crippen LogP contribution < -0.4 is 5.73 Å². The Labute approximate surface area is 122 Å². The summed E-state index contributed by atoms with van der Waals surface area (Å²) in [6.07, 6.45) is 2.15. The van der Waals surface area contributed by atoms with Gasteiger partial charge in [-0.3, -0.25) is 4.90 Å². The van der Waals surface area contributed by atoms with Gasteiger partial charge in [0.1, 0.15) is 0 Å². The minimum atomic E-state index is 0.0638. The van der Waals surface area contributed by atoms with Crippen LogP contribution in [0.15, 0.2) is 18.2 Å². The average Bonchev–Trinajstić information content (AvgIpc) is 2.31. The largest absolute Gasteiger partial charge is 0.393 e. The van der Waals surface area contributed by atoms with E-state index in [1.807, 2.05) is 0 Å². The monoisotopic (exact) mass is 276 g/mol. The molecule has 1 aromatic rings. The summed E-state index contributed by atoms with van der Waals surface area (Å²) in [5.74, 6) is 0. The third kappa shape index (κ3) is 3.54. The molecule has 2 nitrogen and oxygen atoms in total. The van der Waals surface area contributed by atoms with Crippen molar-refractivity contribution in [2.45, 2.75) is 40.2 Å². The van der Waals surface area contributed by atoms with Gasteiger partial charge in [0, 0.05) is 12.0 Å². The number of nitrogens with two attached hydrogens (primary N) is 1. The number of nitrogens with zero attached hydrogens (tertiary/aromatic N) is 1. The second-order valence-electron chi connectivity index (χ2n) is 6.20. The number of benzene rings is 1. The second kappa shape index (κ2) is 5.59. The lowest BCUT2D eigenvalue weighted by Crippen LogP contribution is -2.44. The Morgan fingerprint density at radius 3 is 2.21 bits per heavy atom. The van der Waals surface area contributed by atoms with Gasteiger partial charge < -0.3 is 5.73 Å². The first kappa shape index (κ1) is 14.5. The molecule has 1 saturated heterocycles. The fourth-order valence-electron chi connectivity index (χ4n) is 2.87. The Bertz CT molecular complexity index is 453. The first-order chi connectivity index (χ1) is 8.89. The van der Waals surface area contributed by atoms with E-state index in [9.17, 15) is 0 Å². The van der Waals surface area contributed by atoms with Gasteiger partial charge in [-0.05, 0) is 45.3 Å². The van der Waals surface area contributed by atoms with Gasteiger partial charge in [-0.2, -0.15) is 0 Å². The van der Waals surface area contributed by atoms with E-state index in [4.69, 9.17) is 18.0 Å². The molecular weight excluding hydrogens is 252 g/mol. The molecule has 19 heavy (non-hydrogen) atoms. The zero-order chi connectivity index (χ0) is 14.0. The van der Waals surface area contributed by atoms with Crippen LogP contribution in [0.25, 0.3) is 0 Å². The fraction of sp³-hybridized carbons (Fsp3) is 0.562. The van der Waals surface area contributed by atoms with Gasteiger partial charge in [0.05, 0.1) is 4.99 Å². The first-order valence-electron chi connectivity index (χ1n) is 6.98. The van der Waals surface area contributed by atoms with Gasteiger partial charge in [0.15, 0.2) is 0 Å².